The minimum Gasteiger partial charge on any atom is -0.369 e. The normalized spacial score (nSPS) is 20.9. The fraction of sp³-hybridized carbons (Fsp3) is 0.444. The van der Waals surface area contributed by atoms with Crippen LogP contribution in [-0.2, 0) is 4.79 Å². The molecular weight excluding hydrogens is 392 g/mol. The number of amides is 1. The third-order valence-electron chi connectivity index (χ3n) is 4.50. The zero-order chi connectivity index (χ0) is 18.0. The molecule has 3 rings (SSSR count). The number of nitrogens with zero attached hydrogens (tertiary/aromatic N) is 2. The van der Waals surface area contributed by atoms with Gasteiger partial charge in [0.15, 0.2) is 0 Å². The highest BCUT2D eigenvalue weighted by atomic mass is 79.9. The summed E-state index contributed by atoms with van der Waals surface area (Å²) in [5, 5.41) is 4.01. The van der Waals surface area contributed by atoms with Gasteiger partial charge in [-0.25, -0.2) is 8.78 Å². The predicted octanol–water partition coefficient (Wildman–Crippen LogP) is 3.90. The Labute approximate surface area is 153 Å². The Morgan fingerprint density at radius 3 is 2.92 bits per heavy atom. The Hall–Kier alpha value is -1.76. The lowest BCUT2D eigenvalue weighted by Gasteiger charge is -2.38. The number of benzene rings is 1. The fourth-order valence-electron chi connectivity index (χ4n) is 3.55. The molecule has 7 heteroatoms. The first-order valence-electron chi connectivity index (χ1n) is 8.25. The van der Waals surface area contributed by atoms with E-state index in [2.05, 4.69) is 38.1 Å². The van der Waals surface area contributed by atoms with Gasteiger partial charge in [0.1, 0.15) is 0 Å². The minimum absolute atomic E-state index is 0.0373. The Morgan fingerprint density at radius 1 is 1.40 bits per heavy atom. The summed E-state index contributed by atoms with van der Waals surface area (Å²) in [5.74, 6) is 0.342. The first-order chi connectivity index (χ1) is 12.0. The maximum Gasteiger partial charge on any atom is 0.265 e. The summed E-state index contributed by atoms with van der Waals surface area (Å²) < 4.78 is 26.5. The molecular formula is C18H20BrF2N3O. The van der Waals surface area contributed by atoms with Crippen LogP contribution in [0.5, 0.6) is 0 Å². The first kappa shape index (κ1) is 18.0. The average Bonchev–Trinajstić information content (AvgIpc) is 2.59. The highest BCUT2D eigenvalue weighted by molar-refractivity contribution is 9.09. The van der Waals surface area contributed by atoms with Gasteiger partial charge in [0, 0.05) is 42.0 Å². The maximum atomic E-state index is 13.3. The second-order valence-electron chi connectivity index (χ2n) is 6.52. The predicted molar refractivity (Wildman–Crippen MR) is 98.4 cm³/mol. The van der Waals surface area contributed by atoms with E-state index in [0.29, 0.717) is 18.0 Å². The lowest BCUT2D eigenvalue weighted by Crippen LogP contribution is -2.50. The van der Waals surface area contributed by atoms with Crippen LogP contribution in [0.2, 0.25) is 0 Å². The highest BCUT2D eigenvalue weighted by Gasteiger charge is 2.27. The summed E-state index contributed by atoms with van der Waals surface area (Å²) in [6.45, 7) is 3.60. The van der Waals surface area contributed by atoms with Crippen molar-refractivity contribution >= 4 is 38.4 Å². The summed E-state index contributed by atoms with van der Waals surface area (Å²) in [4.78, 5) is 18.0. The molecule has 0 radical (unpaired) electrons. The van der Waals surface area contributed by atoms with E-state index in [9.17, 15) is 13.6 Å². The maximum absolute atomic E-state index is 13.3. The molecule has 0 aliphatic carbocycles. The van der Waals surface area contributed by atoms with Crippen molar-refractivity contribution < 1.29 is 13.6 Å². The standard InChI is InChI=1S/C18H20BrF2N3O/c1-11-7-12(23-16(25)8-19)10-24(9-11)15-5-4-14(18(20)21)17-13(15)3-2-6-22-17/h2-6,11-12,18H,7-10H2,1H3,(H,23,25)/t11-,12+/m0/s1. The number of nitrogens with one attached hydrogen (secondary N) is 1. The molecule has 0 unspecified atom stereocenters. The van der Waals surface area contributed by atoms with Crippen molar-refractivity contribution in [2.24, 2.45) is 5.92 Å². The molecule has 1 fully saturated rings. The van der Waals surface area contributed by atoms with Crippen molar-refractivity contribution in [2.45, 2.75) is 25.8 Å². The summed E-state index contributed by atoms with van der Waals surface area (Å²) in [7, 11) is 0. The first-order valence-corrected chi connectivity index (χ1v) is 9.37. The Morgan fingerprint density at radius 2 is 2.20 bits per heavy atom. The average molecular weight is 412 g/mol. The third-order valence-corrected chi connectivity index (χ3v) is 5.01. The SMILES string of the molecule is C[C@H]1C[C@@H](NC(=O)CBr)CN(c2ccc(C(F)F)c3ncccc23)C1. The van der Waals surface area contributed by atoms with Gasteiger partial charge >= 0.3 is 0 Å². The molecule has 2 aromatic rings. The Kier molecular flexibility index (Phi) is 5.51. The minimum atomic E-state index is -2.56. The van der Waals surface area contributed by atoms with Gasteiger partial charge in [-0.2, -0.15) is 0 Å². The number of rotatable bonds is 4. The second-order valence-corrected chi connectivity index (χ2v) is 7.08. The molecule has 0 spiro atoms. The lowest BCUT2D eigenvalue weighted by molar-refractivity contribution is -0.119. The molecule has 134 valence electrons. The number of piperidine rings is 1. The van der Waals surface area contributed by atoms with E-state index in [4.69, 9.17) is 0 Å². The van der Waals surface area contributed by atoms with Gasteiger partial charge in [0.2, 0.25) is 5.91 Å². The molecule has 25 heavy (non-hydrogen) atoms. The van der Waals surface area contributed by atoms with Crippen molar-refractivity contribution in [1.82, 2.24) is 10.3 Å². The van der Waals surface area contributed by atoms with Gasteiger partial charge in [-0.3, -0.25) is 9.78 Å². The van der Waals surface area contributed by atoms with Crippen LogP contribution >= 0.6 is 15.9 Å². The number of carbonyl (C=O) groups excluding carboxylic acids is 1. The number of carbonyl (C=O) groups is 1. The number of hydrogen-bond donors (Lipinski definition) is 1. The van der Waals surface area contributed by atoms with E-state index in [1.165, 1.54) is 12.3 Å². The Balaban J connectivity index is 1.95. The number of alkyl halides is 3. The Bertz CT molecular complexity index is 771. The van der Waals surface area contributed by atoms with E-state index in [0.717, 1.165) is 24.0 Å². The van der Waals surface area contributed by atoms with Crippen LogP contribution in [0.25, 0.3) is 10.9 Å². The summed E-state index contributed by atoms with van der Waals surface area (Å²) in [6.07, 6.45) is -0.117. The fourth-order valence-corrected chi connectivity index (χ4v) is 3.71. The van der Waals surface area contributed by atoms with Gasteiger partial charge in [-0.1, -0.05) is 22.9 Å². The molecule has 1 aromatic carbocycles. The lowest BCUT2D eigenvalue weighted by atomic mass is 9.94. The number of aromatic nitrogens is 1. The van der Waals surface area contributed by atoms with Crippen molar-refractivity contribution in [1.29, 1.82) is 0 Å². The van der Waals surface area contributed by atoms with Crippen LogP contribution in [0, 0.1) is 5.92 Å². The molecule has 2 heterocycles. The van der Waals surface area contributed by atoms with E-state index < -0.39 is 6.43 Å². The molecule has 1 aliphatic rings. The molecule has 2 atom stereocenters. The topological polar surface area (TPSA) is 45.2 Å². The number of halogens is 3. The highest BCUT2D eigenvalue weighted by Crippen LogP contribution is 2.34. The quantitative estimate of drug-likeness (QED) is 0.775. The summed E-state index contributed by atoms with van der Waals surface area (Å²) in [6, 6.07) is 6.83. The van der Waals surface area contributed by atoms with Crippen LogP contribution in [-0.4, -0.2) is 35.4 Å². The summed E-state index contributed by atoms with van der Waals surface area (Å²) in [5.41, 5.74) is 1.18. The number of anilines is 1. The van der Waals surface area contributed by atoms with Crippen molar-refractivity contribution in [3.05, 3.63) is 36.0 Å². The number of pyridine rings is 1. The van der Waals surface area contributed by atoms with Crippen molar-refractivity contribution in [2.75, 3.05) is 23.3 Å². The van der Waals surface area contributed by atoms with Crippen molar-refractivity contribution in [3.63, 3.8) is 0 Å². The zero-order valence-electron chi connectivity index (χ0n) is 13.9. The van der Waals surface area contributed by atoms with Gasteiger partial charge in [0.05, 0.1) is 10.8 Å². The monoisotopic (exact) mass is 411 g/mol. The van der Waals surface area contributed by atoms with E-state index in [1.54, 1.807) is 12.1 Å². The van der Waals surface area contributed by atoms with E-state index >= 15 is 0 Å². The van der Waals surface area contributed by atoms with E-state index in [1.807, 2.05) is 6.07 Å². The molecule has 1 amide bonds. The van der Waals surface area contributed by atoms with Gasteiger partial charge in [-0.15, -0.1) is 0 Å². The molecule has 0 saturated carbocycles. The molecule has 1 N–H and O–H groups in total. The molecule has 1 aliphatic heterocycles. The zero-order valence-corrected chi connectivity index (χ0v) is 15.5. The van der Waals surface area contributed by atoms with Gasteiger partial charge in [-0.05, 0) is 36.6 Å². The van der Waals surface area contributed by atoms with Crippen LogP contribution in [0.15, 0.2) is 30.5 Å². The molecule has 4 nitrogen and oxygen atoms in total. The van der Waals surface area contributed by atoms with Crippen LogP contribution in [0.4, 0.5) is 14.5 Å². The number of hydrogen-bond acceptors (Lipinski definition) is 3. The smallest absolute Gasteiger partial charge is 0.265 e. The molecule has 0 bridgehead atoms. The molecule has 1 aromatic heterocycles. The van der Waals surface area contributed by atoms with Crippen molar-refractivity contribution in [3.8, 4) is 0 Å². The number of fused-ring (bicyclic) bond motifs is 1. The molecule has 1 saturated heterocycles. The van der Waals surface area contributed by atoms with E-state index in [-0.39, 0.29) is 22.8 Å². The summed E-state index contributed by atoms with van der Waals surface area (Å²) >= 11 is 3.17. The largest absolute Gasteiger partial charge is 0.369 e. The van der Waals surface area contributed by atoms with Gasteiger partial charge < -0.3 is 10.2 Å². The van der Waals surface area contributed by atoms with Gasteiger partial charge in [0.25, 0.3) is 6.43 Å². The van der Waals surface area contributed by atoms with Crippen LogP contribution in [0.1, 0.15) is 25.3 Å². The third kappa shape index (κ3) is 3.92. The second kappa shape index (κ2) is 7.64. The van der Waals surface area contributed by atoms with Crippen LogP contribution < -0.4 is 10.2 Å². The van der Waals surface area contributed by atoms with Crippen LogP contribution in [0.3, 0.4) is 0 Å².